The number of carbonyl (C=O) groups is 3. The lowest BCUT2D eigenvalue weighted by Gasteiger charge is -2.17. The summed E-state index contributed by atoms with van der Waals surface area (Å²) in [6, 6.07) is 5.81. The number of carbonyl (C=O) groups excluding carboxylic acids is 2. The Hall–Kier alpha value is -3.03. The fourth-order valence-electron chi connectivity index (χ4n) is 3.16. The second kappa shape index (κ2) is 7.90. The van der Waals surface area contributed by atoms with Gasteiger partial charge in [0.1, 0.15) is 6.04 Å². The highest BCUT2D eigenvalue weighted by Gasteiger charge is 2.23. The first-order valence-corrected chi connectivity index (χ1v) is 8.64. The quantitative estimate of drug-likeness (QED) is 0.619. The van der Waals surface area contributed by atoms with Crippen LogP contribution in [-0.4, -0.2) is 58.6 Å². The molecule has 0 bridgehead atoms. The van der Waals surface area contributed by atoms with Crippen LogP contribution in [0.2, 0.25) is 0 Å². The first-order valence-electron chi connectivity index (χ1n) is 8.64. The van der Waals surface area contributed by atoms with Gasteiger partial charge in [-0.05, 0) is 24.5 Å². The van der Waals surface area contributed by atoms with E-state index in [0.29, 0.717) is 13.1 Å². The third-order valence-electron chi connectivity index (χ3n) is 4.56. The molecule has 0 spiro atoms. The lowest BCUT2D eigenvalue weighted by atomic mass is 10.1. The molecule has 4 N–H and O–H groups in total. The third kappa shape index (κ3) is 4.14. The van der Waals surface area contributed by atoms with Gasteiger partial charge in [-0.2, -0.15) is 0 Å². The van der Waals surface area contributed by atoms with E-state index in [4.69, 9.17) is 0 Å². The summed E-state index contributed by atoms with van der Waals surface area (Å²) in [5, 5.41) is 15.2. The molecule has 1 aromatic carbocycles. The number of urea groups is 1. The van der Waals surface area contributed by atoms with Crippen molar-refractivity contribution in [3.05, 3.63) is 36.0 Å². The van der Waals surface area contributed by atoms with Crippen LogP contribution in [0.1, 0.15) is 18.4 Å². The molecule has 138 valence electrons. The molecule has 2 heterocycles. The van der Waals surface area contributed by atoms with Crippen LogP contribution in [0.15, 0.2) is 30.5 Å². The van der Waals surface area contributed by atoms with Gasteiger partial charge in [-0.1, -0.05) is 18.2 Å². The molecule has 1 atom stereocenters. The van der Waals surface area contributed by atoms with Crippen LogP contribution < -0.4 is 10.6 Å². The Kier molecular flexibility index (Phi) is 5.40. The molecule has 2 aromatic rings. The summed E-state index contributed by atoms with van der Waals surface area (Å²) in [5.41, 5.74) is 1.72. The summed E-state index contributed by atoms with van der Waals surface area (Å²) in [6.45, 7) is 1.28. The largest absolute Gasteiger partial charge is 0.480 e. The Morgan fingerprint density at radius 3 is 2.65 bits per heavy atom. The number of hydrogen-bond acceptors (Lipinski definition) is 3. The zero-order chi connectivity index (χ0) is 18.5. The van der Waals surface area contributed by atoms with Crippen LogP contribution in [0.4, 0.5) is 4.79 Å². The Morgan fingerprint density at radius 1 is 1.19 bits per heavy atom. The highest BCUT2D eigenvalue weighted by molar-refractivity contribution is 5.88. The Bertz CT molecular complexity index is 810. The maximum Gasteiger partial charge on any atom is 0.326 e. The number of H-pyrrole nitrogens is 1. The number of aromatic nitrogens is 1. The second-order valence-corrected chi connectivity index (χ2v) is 6.37. The van der Waals surface area contributed by atoms with Gasteiger partial charge in [0.25, 0.3) is 0 Å². The number of para-hydroxylation sites is 1. The maximum atomic E-state index is 12.0. The summed E-state index contributed by atoms with van der Waals surface area (Å²) in [4.78, 5) is 40.2. The number of aliphatic carboxylic acids is 1. The van der Waals surface area contributed by atoms with Gasteiger partial charge in [0.05, 0.1) is 6.54 Å². The van der Waals surface area contributed by atoms with Gasteiger partial charge in [-0.3, -0.25) is 4.79 Å². The molecule has 1 aliphatic rings. The number of fused-ring (bicyclic) bond motifs is 1. The van der Waals surface area contributed by atoms with E-state index in [-0.39, 0.29) is 18.9 Å². The average Bonchev–Trinajstić information content (AvgIpc) is 3.29. The van der Waals surface area contributed by atoms with Crippen molar-refractivity contribution in [2.75, 3.05) is 19.6 Å². The standard InChI is InChI=1S/C18H22N4O4/c23-16(22-7-3-4-8-22)11-20-18(26)21-15(17(24)25)9-12-10-19-14-6-2-1-5-13(12)14/h1-2,5-6,10,15,19H,3-4,7-9,11H2,(H,24,25)(H2,20,21,26). The molecule has 1 aromatic heterocycles. The fraction of sp³-hybridized carbons (Fsp3) is 0.389. The first kappa shape index (κ1) is 17.8. The molecule has 3 amide bonds. The predicted octanol–water partition coefficient (Wildman–Crippen LogP) is 1.09. The van der Waals surface area contributed by atoms with Crippen molar-refractivity contribution in [2.24, 2.45) is 0 Å². The van der Waals surface area contributed by atoms with Crippen LogP contribution in [0.5, 0.6) is 0 Å². The SMILES string of the molecule is O=C(NCC(=O)N1CCCC1)NC(Cc1c[nH]c2ccccc12)C(=O)O. The van der Waals surface area contributed by atoms with E-state index in [1.807, 2.05) is 24.3 Å². The Morgan fingerprint density at radius 2 is 1.92 bits per heavy atom. The van der Waals surface area contributed by atoms with Crippen molar-refractivity contribution in [3.63, 3.8) is 0 Å². The van der Waals surface area contributed by atoms with Gasteiger partial charge in [0.15, 0.2) is 0 Å². The van der Waals surface area contributed by atoms with Crippen molar-refractivity contribution in [2.45, 2.75) is 25.3 Å². The van der Waals surface area contributed by atoms with Gasteiger partial charge >= 0.3 is 12.0 Å². The number of benzene rings is 1. The minimum absolute atomic E-state index is 0.134. The van der Waals surface area contributed by atoms with Crippen molar-refractivity contribution < 1.29 is 19.5 Å². The molecule has 26 heavy (non-hydrogen) atoms. The number of amides is 3. The third-order valence-corrected chi connectivity index (χ3v) is 4.56. The molecular weight excluding hydrogens is 336 g/mol. The number of nitrogens with zero attached hydrogens (tertiary/aromatic N) is 1. The first-order chi connectivity index (χ1) is 12.5. The van der Waals surface area contributed by atoms with Crippen molar-refractivity contribution in [1.82, 2.24) is 20.5 Å². The molecule has 1 aliphatic heterocycles. The summed E-state index contributed by atoms with van der Waals surface area (Å²) < 4.78 is 0. The zero-order valence-corrected chi connectivity index (χ0v) is 14.3. The highest BCUT2D eigenvalue weighted by atomic mass is 16.4. The van der Waals surface area contributed by atoms with Crippen LogP contribution in [0, 0.1) is 0 Å². The van der Waals surface area contributed by atoms with Crippen LogP contribution in [0.25, 0.3) is 10.9 Å². The number of aromatic amines is 1. The summed E-state index contributed by atoms with van der Waals surface area (Å²) in [6.07, 6.45) is 3.84. The number of carboxylic acid groups (broad SMARTS) is 1. The number of likely N-dealkylation sites (tertiary alicyclic amines) is 1. The van der Waals surface area contributed by atoms with Crippen LogP contribution in [-0.2, 0) is 16.0 Å². The van der Waals surface area contributed by atoms with Gasteiger partial charge in [0, 0.05) is 36.6 Å². The predicted molar refractivity (Wildman–Crippen MR) is 95.8 cm³/mol. The van der Waals surface area contributed by atoms with Crippen LogP contribution >= 0.6 is 0 Å². The molecule has 1 fully saturated rings. The van der Waals surface area contributed by atoms with E-state index in [9.17, 15) is 19.5 Å². The fourth-order valence-corrected chi connectivity index (χ4v) is 3.16. The van der Waals surface area contributed by atoms with Gasteiger partial charge in [-0.25, -0.2) is 9.59 Å². The molecule has 1 unspecified atom stereocenters. The molecule has 8 nitrogen and oxygen atoms in total. The monoisotopic (exact) mass is 358 g/mol. The van der Waals surface area contributed by atoms with Gasteiger partial charge in [-0.15, -0.1) is 0 Å². The number of hydrogen-bond donors (Lipinski definition) is 4. The number of nitrogens with one attached hydrogen (secondary N) is 3. The van der Waals surface area contributed by atoms with Crippen molar-refractivity contribution in [1.29, 1.82) is 0 Å². The van der Waals surface area contributed by atoms with E-state index in [0.717, 1.165) is 29.3 Å². The van der Waals surface area contributed by atoms with Gasteiger partial charge < -0.3 is 25.6 Å². The van der Waals surface area contributed by atoms with Gasteiger partial charge in [0.2, 0.25) is 5.91 Å². The zero-order valence-electron chi connectivity index (χ0n) is 14.3. The molecule has 1 saturated heterocycles. The van der Waals surface area contributed by atoms with Crippen molar-refractivity contribution >= 4 is 28.8 Å². The van der Waals surface area contributed by atoms with E-state index >= 15 is 0 Å². The van der Waals surface area contributed by atoms with E-state index in [1.165, 1.54) is 0 Å². The summed E-state index contributed by atoms with van der Waals surface area (Å²) in [7, 11) is 0. The molecular formula is C18H22N4O4. The van der Waals surface area contributed by atoms with E-state index in [1.54, 1.807) is 11.1 Å². The molecule has 3 rings (SSSR count). The Labute approximate surface area is 150 Å². The maximum absolute atomic E-state index is 12.0. The molecule has 0 radical (unpaired) electrons. The number of rotatable bonds is 6. The normalized spacial score (nSPS) is 15.0. The molecule has 0 saturated carbocycles. The summed E-state index contributed by atoms with van der Waals surface area (Å²) >= 11 is 0. The van der Waals surface area contributed by atoms with E-state index < -0.39 is 18.0 Å². The topological polar surface area (TPSA) is 115 Å². The summed E-state index contributed by atoms with van der Waals surface area (Å²) in [5.74, 6) is -1.28. The minimum atomic E-state index is -1.13. The number of carboxylic acids is 1. The lowest BCUT2D eigenvalue weighted by molar-refractivity contribution is -0.139. The minimum Gasteiger partial charge on any atom is -0.480 e. The smallest absolute Gasteiger partial charge is 0.326 e. The molecule has 0 aliphatic carbocycles. The second-order valence-electron chi connectivity index (χ2n) is 6.37. The Balaban J connectivity index is 1.57. The van der Waals surface area contributed by atoms with Crippen LogP contribution in [0.3, 0.4) is 0 Å². The van der Waals surface area contributed by atoms with Crippen molar-refractivity contribution in [3.8, 4) is 0 Å². The lowest BCUT2D eigenvalue weighted by Crippen LogP contribution is -2.49. The average molecular weight is 358 g/mol. The highest BCUT2D eigenvalue weighted by Crippen LogP contribution is 2.19. The van der Waals surface area contributed by atoms with E-state index in [2.05, 4.69) is 15.6 Å². The molecule has 8 heteroatoms.